The van der Waals surface area contributed by atoms with Gasteiger partial charge in [-0.2, -0.15) is 0 Å². The van der Waals surface area contributed by atoms with E-state index in [-0.39, 0.29) is 11.9 Å². The number of pyridine rings is 1. The zero-order valence-electron chi connectivity index (χ0n) is 14.8. The van der Waals surface area contributed by atoms with Gasteiger partial charge in [0.25, 0.3) is 0 Å². The Morgan fingerprint density at radius 1 is 1.16 bits per heavy atom. The number of amides is 1. The highest BCUT2D eigenvalue weighted by Crippen LogP contribution is 2.24. The summed E-state index contributed by atoms with van der Waals surface area (Å²) in [6.07, 6.45) is 0. The summed E-state index contributed by atoms with van der Waals surface area (Å²) in [6, 6.07) is 10.1. The van der Waals surface area contributed by atoms with Gasteiger partial charge in [-0.3, -0.25) is 14.6 Å². The SMILES string of the molecule is COc1cccc2ccc(CN3CCN4CCN(C)C(=O)[C@H]4C3)nc12. The Labute approximate surface area is 148 Å². The van der Waals surface area contributed by atoms with Crippen LogP contribution in [-0.4, -0.2) is 78.5 Å². The molecule has 6 nitrogen and oxygen atoms in total. The van der Waals surface area contributed by atoms with Crippen LogP contribution in [0, 0.1) is 0 Å². The van der Waals surface area contributed by atoms with Gasteiger partial charge in [-0.15, -0.1) is 0 Å². The minimum atomic E-state index is -0.0116. The number of fused-ring (bicyclic) bond motifs is 2. The van der Waals surface area contributed by atoms with Crippen LogP contribution in [-0.2, 0) is 11.3 Å². The Morgan fingerprint density at radius 3 is 2.84 bits per heavy atom. The maximum absolute atomic E-state index is 12.4. The summed E-state index contributed by atoms with van der Waals surface area (Å²) < 4.78 is 5.44. The first-order chi connectivity index (χ1) is 12.2. The van der Waals surface area contributed by atoms with Crippen molar-refractivity contribution in [3.05, 3.63) is 36.0 Å². The van der Waals surface area contributed by atoms with Crippen molar-refractivity contribution in [1.82, 2.24) is 19.7 Å². The average molecular weight is 340 g/mol. The molecule has 0 unspecified atom stereocenters. The molecule has 1 aromatic heterocycles. The third kappa shape index (κ3) is 3.07. The van der Waals surface area contributed by atoms with Crippen LogP contribution in [0.1, 0.15) is 5.69 Å². The fraction of sp³-hybridized carbons (Fsp3) is 0.474. The van der Waals surface area contributed by atoms with Crippen molar-refractivity contribution in [2.45, 2.75) is 12.6 Å². The van der Waals surface area contributed by atoms with Crippen molar-refractivity contribution in [2.24, 2.45) is 0 Å². The van der Waals surface area contributed by atoms with Crippen molar-refractivity contribution < 1.29 is 9.53 Å². The molecular weight excluding hydrogens is 316 g/mol. The Balaban J connectivity index is 1.52. The molecule has 1 amide bonds. The lowest BCUT2D eigenvalue weighted by Crippen LogP contribution is -2.63. The quantitative estimate of drug-likeness (QED) is 0.840. The predicted molar refractivity (Wildman–Crippen MR) is 96.6 cm³/mol. The monoisotopic (exact) mass is 340 g/mol. The van der Waals surface area contributed by atoms with E-state index in [0.29, 0.717) is 0 Å². The molecule has 0 spiro atoms. The second-order valence-electron chi connectivity index (χ2n) is 6.88. The number of hydrogen-bond donors (Lipinski definition) is 0. The molecule has 2 aliphatic rings. The molecule has 6 heteroatoms. The zero-order chi connectivity index (χ0) is 17.4. The number of ether oxygens (including phenoxy) is 1. The lowest BCUT2D eigenvalue weighted by molar-refractivity contribution is -0.143. The maximum Gasteiger partial charge on any atom is 0.241 e. The highest BCUT2D eigenvalue weighted by Gasteiger charge is 2.37. The summed E-state index contributed by atoms with van der Waals surface area (Å²) in [5.41, 5.74) is 1.91. The number of piperazine rings is 2. The van der Waals surface area contributed by atoms with E-state index in [2.05, 4.69) is 21.9 Å². The molecule has 0 radical (unpaired) electrons. The van der Waals surface area contributed by atoms with Crippen molar-refractivity contribution in [1.29, 1.82) is 0 Å². The lowest BCUT2D eigenvalue weighted by Gasteiger charge is -2.45. The predicted octanol–water partition coefficient (Wildman–Crippen LogP) is 1.20. The van der Waals surface area contributed by atoms with Crippen LogP contribution >= 0.6 is 0 Å². The number of likely N-dealkylation sites (N-methyl/N-ethyl adjacent to an activating group) is 1. The maximum atomic E-state index is 12.4. The molecule has 0 N–H and O–H groups in total. The molecule has 1 atom stereocenters. The molecule has 2 aromatic rings. The van der Waals surface area contributed by atoms with E-state index in [1.165, 1.54) is 0 Å². The summed E-state index contributed by atoms with van der Waals surface area (Å²) in [7, 11) is 3.57. The summed E-state index contributed by atoms with van der Waals surface area (Å²) in [6.45, 7) is 5.26. The molecule has 0 aliphatic carbocycles. The molecule has 4 rings (SSSR count). The normalized spacial score (nSPS) is 22.2. The molecule has 3 heterocycles. The van der Waals surface area contributed by atoms with Crippen molar-refractivity contribution in [2.75, 3.05) is 46.9 Å². The molecule has 25 heavy (non-hydrogen) atoms. The first-order valence-corrected chi connectivity index (χ1v) is 8.80. The fourth-order valence-electron chi connectivity index (χ4n) is 3.81. The number of carbonyl (C=O) groups excluding carboxylic acids is 1. The van der Waals surface area contributed by atoms with Crippen LogP contribution in [0.4, 0.5) is 0 Å². The highest BCUT2D eigenvalue weighted by atomic mass is 16.5. The first-order valence-electron chi connectivity index (χ1n) is 8.80. The van der Waals surface area contributed by atoms with Crippen molar-refractivity contribution in [3.8, 4) is 5.75 Å². The molecule has 2 aliphatic heterocycles. The Bertz CT molecular complexity index is 794. The topological polar surface area (TPSA) is 48.9 Å². The van der Waals surface area contributed by atoms with Crippen molar-refractivity contribution >= 4 is 16.8 Å². The van der Waals surface area contributed by atoms with Gasteiger partial charge in [-0.25, -0.2) is 4.98 Å². The van der Waals surface area contributed by atoms with Gasteiger partial charge in [0.15, 0.2) is 0 Å². The average Bonchev–Trinajstić information content (AvgIpc) is 2.64. The van der Waals surface area contributed by atoms with Gasteiger partial charge in [-0.05, 0) is 12.1 Å². The van der Waals surface area contributed by atoms with Gasteiger partial charge in [0.05, 0.1) is 12.8 Å². The minimum absolute atomic E-state index is 0.0116. The molecule has 1 aromatic carbocycles. The molecule has 0 saturated carbocycles. The Morgan fingerprint density at radius 2 is 2.00 bits per heavy atom. The smallest absolute Gasteiger partial charge is 0.241 e. The van der Waals surface area contributed by atoms with Crippen LogP contribution in [0.5, 0.6) is 5.75 Å². The number of hydrogen-bond acceptors (Lipinski definition) is 5. The minimum Gasteiger partial charge on any atom is -0.494 e. The van der Waals surface area contributed by atoms with Gasteiger partial charge < -0.3 is 9.64 Å². The van der Waals surface area contributed by atoms with Crippen LogP contribution in [0.2, 0.25) is 0 Å². The number of para-hydroxylation sites is 1. The molecule has 132 valence electrons. The number of methoxy groups -OCH3 is 1. The lowest BCUT2D eigenvalue weighted by atomic mass is 10.1. The Kier molecular flexibility index (Phi) is 4.31. The zero-order valence-corrected chi connectivity index (χ0v) is 14.8. The largest absolute Gasteiger partial charge is 0.494 e. The summed E-state index contributed by atoms with van der Waals surface area (Å²) in [4.78, 5) is 23.7. The van der Waals surface area contributed by atoms with Crippen LogP contribution in [0.15, 0.2) is 30.3 Å². The van der Waals surface area contributed by atoms with Gasteiger partial charge in [0.1, 0.15) is 17.3 Å². The van der Waals surface area contributed by atoms with Crippen molar-refractivity contribution in [3.63, 3.8) is 0 Å². The standard InChI is InChI=1S/C19H24N4O2/c1-21-8-10-23-11-9-22(13-16(23)19(21)24)12-15-7-6-14-4-3-5-17(25-2)18(14)20-15/h3-7,16H,8-13H2,1-2H3/t16-/m1/s1. The van der Waals surface area contributed by atoms with E-state index in [1.54, 1.807) is 7.11 Å². The first kappa shape index (κ1) is 16.3. The number of nitrogens with zero attached hydrogens (tertiary/aromatic N) is 4. The van der Waals surface area contributed by atoms with E-state index < -0.39 is 0 Å². The van der Waals surface area contributed by atoms with E-state index in [4.69, 9.17) is 9.72 Å². The van der Waals surface area contributed by atoms with E-state index in [9.17, 15) is 4.79 Å². The molecular formula is C19H24N4O2. The number of rotatable bonds is 3. The third-order valence-electron chi connectivity index (χ3n) is 5.31. The molecule has 2 fully saturated rings. The van der Waals surface area contributed by atoms with Gasteiger partial charge >= 0.3 is 0 Å². The van der Waals surface area contributed by atoms with Gasteiger partial charge in [0, 0.05) is 51.7 Å². The number of carbonyl (C=O) groups is 1. The third-order valence-corrected chi connectivity index (χ3v) is 5.31. The number of aromatic nitrogens is 1. The second kappa shape index (κ2) is 6.61. The molecule has 2 saturated heterocycles. The van der Waals surface area contributed by atoms with E-state index >= 15 is 0 Å². The molecule has 0 bridgehead atoms. The fourth-order valence-corrected chi connectivity index (χ4v) is 3.81. The second-order valence-corrected chi connectivity index (χ2v) is 6.88. The van der Waals surface area contributed by atoms with Crippen LogP contribution in [0.3, 0.4) is 0 Å². The van der Waals surface area contributed by atoms with Crippen LogP contribution < -0.4 is 4.74 Å². The van der Waals surface area contributed by atoms with Crippen LogP contribution in [0.25, 0.3) is 10.9 Å². The van der Waals surface area contributed by atoms with Gasteiger partial charge in [0.2, 0.25) is 5.91 Å². The summed E-state index contributed by atoms with van der Waals surface area (Å²) in [5, 5.41) is 1.08. The van der Waals surface area contributed by atoms with E-state index in [1.807, 2.05) is 30.1 Å². The van der Waals surface area contributed by atoms with Gasteiger partial charge in [-0.1, -0.05) is 18.2 Å². The summed E-state index contributed by atoms with van der Waals surface area (Å²) in [5.74, 6) is 1.04. The summed E-state index contributed by atoms with van der Waals surface area (Å²) >= 11 is 0. The van der Waals surface area contributed by atoms with E-state index in [0.717, 1.165) is 61.6 Å². The highest BCUT2D eigenvalue weighted by molar-refractivity contribution is 5.84. The number of benzene rings is 1. The Hall–Kier alpha value is -2.18.